The van der Waals surface area contributed by atoms with Gasteiger partial charge in [0.2, 0.25) is 11.7 Å². The van der Waals surface area contributed by atoms with E-state index >= 15 is 0 Å². The molecule has 42 heavy (non-hydrogen) atoms. The number of hydrogen-bond acceptors (Lipinski definition) is 9. The molecule has 208 valence electrons. The highest BCUT2D eigenvalue weighted by atomic mass is 35.5. The zero-order chi connectivity index (χ0) is 29.4. The lowest BCUT2D eigenvalue weighted by Crippen LogP contribution is -2.20. The number of benzene rings is 3. The van der Waals surface area contributed by atoms with E-state index < -0.39 is 10.5 Å². The molecule has 3 heterocycles. The molecule has 0 aliphatic carbocycles. The van der Waals surface area contributed by atoms with Crippen LogP contribution in [0.1, 0.15) is 5.56 Å². The summed E-state index contributed by atoms with van der Waals surface area (Å²) in [6.07, 6.45) is 2.59. The number of para-hydroxylation sites is 1. The number of aromatic nitrogens is 3. The standard InChI is InChI=1S/C30H21ClN6O5/c1-35(2)21-9-7-18(26(15-21)42-28-12-10-22(17-32-28)37(39)40)16-33-36-29(34-24-6-4-3-5-23(24)30(36)38)27-14-19-13-20(31)8-11-25(19)41-27/h3-17H,1-2H3. The van der Waals surface area contributed by atoms with Crippen molar-refractivity contribution in [1.29, 1.82) is 0 Å². The predicted octanol–water partition coefficient (Wildman–Crippen LogP) is 6.51. The van der Waals surface area contributed by atoms with E-state index in [0.29, 0.717) is 38.6 Å². The molecule has 0 N–H and O–H groups in total. The highest BCUT2D eigenvalue weighted by Gasteiger charge is 2.17. The first-order valence-corrected chi connectivity index (χ1v) is 13.0. The summed E-state index contributed by atoms with van der Waals surface area (Å²) in [5.74, 6) is 1.05. The van der Waals surface area contributed by atoms with Crippen LogP contribution in [0.3, 0.4) is 0 Å². The summed E-state index contributed by atoms with van der Waals surface area (Å²) in [5.41, 5.74) is 1.87. The Morgan fingerprint density at radius 3 is 2.67 bits per heavy atom. The maximum atomic E-state index is 13.7. The molecule has 3 aromatic heterocycles. The quantitative estimate of drug-likeness (QED) is 0.119. The lowest BCUT2D eigenvalue weighted by molar-refractivity contribution is -0.385. The number of ether oxygens (including phenoxy) is 1. The summed E-state index contributed by atoms with van der Waals surface area (Å²) in [6.45, 7) is 0. The van der Waals surface area contributed by atoms with Crippen molar-refractivity contribution in [3.05, 3.63) is 116 Å². The van der Waals surface area contributed by atoms with Gasteiger partial charge in [0.25, 0.3) is 11.2 Å². The molecule has 3 aromatic carbocycles. The molecule has 0 unspecified atom stereocenters. The molecule has 0 amide bonds. The van der Waals surface area contributed by atoms with Crippen molar-refractivity contribution < 1.29 is 14.1 Å². The van der Waals surface area contributed by atoms with E-state index in [1.165, 1.54) is 23.0 Å². The van der Waals surface area contributed by atoms with Crippen molar-refractivity contribution in [2.75, 3.05) is 19.0 Å². The Morgan fingerprint density at radius 1 is 1.07 bits per heavy atom. The Labute approximate surface area is 243 Å². The van der Waals surface area contributed by atoms with E-state index in [1.807, 2.05) is 25.1 Å². The molecular weight excluding hydrogens is 560 g/mol. The molecule has 0 spiro atoms. The van der Waals surface area contributed by atoms with Gasteiger partial charge < -0.3 is 14.1 Å². The van der Waals surface area contributed by atoms with Crippen molar-refractivity contribution >= 4 is 51.1 Å². The Bertz CT molecular complexity index is 2070. The summed E-state index contributed by atoms with van der Waals surface area (Å²) in [6, 6.07) is 22.1. The van der Waals surface area contributed by atoms with Crippen LogP contribution >= 0.6 is 11.6 Å². The molecule has 0 radical (unpaired) electrons. The van der Waals surface area contributed by atoms with Gasteiger partial charge in [-0.1, -0.05) is 23.7 Å². The molecule has 12 heteroatoms. The number of nitro groups is 1. The Kier molecular flexibility index (Phi) is 6.85. The number of halogens is 1. The SMILES string of the molecule is CN(C)c1ccc(C=Nn2c(-c3cc4cc(Cl)ccc4o3)nc3ccccc3c2=O)c(Oc2ccc([N+](=O)[O-])cn2)c1. The van der Waals surface area contributed by atoms with E-state index in [2.05, 4.69) is 10.1 Å². The monoisotopic (exact) mass is 580 g/mol. The van der Waals surface area contributed by atoms with E-state index in [9.17, 15) is 14.9 Å². The van der Waals surface area contributed by atoms with Gasteiger partial charge in [0.05, 0.1) is 22.0 Å². The number of hydrogen-bond donors (Lipinski definition) is 0. The Balaban J connectivity index is 1.47. The summed E-state index contributed by atoms with van der Waals surface area (Å²) in [4.78, 5) is 34.8. The topological polar surface area (TPSA) is 129 Å². The summed E-state index contributed by atoms with van der Waals surface area (Å²) in [7, 11) is 3.76. The lowest BCUT2D eigenvalue weighted by atomic mass is 10.2. The molecule has 0 bridgehead atoms. The minimum atomic E-state index is -0.537. The van der Waals surface area contributed by atoms with E-state index in [1.54, 1.807) is 60.7 Å². The number of pyridine rings is 1. The molecule has 0 saturated heterocycles. The predicted molar refractivity (Wildman–Crippen MR) is 161 cm³/mol. The number of fused-ring (bicyclic) bond motifs is 2. The van der Waals surface area contributed by atoms with Crippen LogP contribution in [0.2, 0.25) is 5.02 Å². The fourth-order valence-electron chi connectivity index (χ4n) is 4.28. The average Bonchev–Trinajstić information content (AvgIpc) is 3.40. The minimum Gasteiger partial charge on any atom is -0.453 e. The molecule has 6 rings (SSSR count). The second-order valence-corrected chi connectivity index (χ2v) is 9.87. The Morgan fingerprint density at radius 2 is 1.90 bits per heavy atom. The van der Waals surface area contributed by atoms with Crippen LogP contribution in [0.25, 0.3) is 33.5 Å². The van der Waals surface area contributed by atoms with Crippen LogP contribution in [0.5, 0.6) is 11.6 Å². The lowest BCUT2D eigenvalue weighted by Gasteiger charge is -2.15. The number of furan rings is 1. The molecule has 0 fully saturated rings. The summed E-state index contributed by atoms with van der Waals surface area (Å²) < 4.78 is 13.2. The first-order chi connectivity index (χ1) is 20.3. The molecule has 0 saturated carbocycles. The van der Waals surface area contributed by atoms with Crippen molar-refractivity contribution in [3.8, 4) is 23.2 Å². The third-order valence-electron chi connectivity index (χ3n) is 6.42. The van der Waals surface area contributed by atoms with Gasteiger partial charge in [-0.2, -0.15) is 9.78 Å². The maximum absolute atomic E-state index is 13.7. The number of anilines is 1. The smallest absolute Gasteiger partial charge is 0.287 e. The van der Waals surface area contributed by atoms with Crippen molar-refractivity contribution in [2.45, 2.75) is 0 Å². The minimum absolute atomic E-state index is 0.150. The summed E-state index contributed by atoms with van der Waals surface area (Å²) in [5, 5.41) is 17.2. The normalized spacial score (nSPS) is 11.4. The zero-order valence-corrected chi connectivity index (χ0v) is 23.0. The van der Waals surface area contributed by atoms with Crippen molar-refractivity contribution in [2.24, 2.45) is 5.10 Å². The van der Waals surface area contributed by atoms with Gasteiger partial charge in [-0.05, 0) is 48.5 Å². The number of rotatable bonds is 7. The number of nitrogens with zero attached hydrogens (tertiary/aromatic N) is 6. The average molecular weight is 581 g/mol. The van der Waals surface area contributed by atoms with Gasteiger partial charge in [-0.15, -0.1) is 0 Å². The van der Waals surface area contributed by atoms with E-state index in [-0.39, 0.29) is 17.4 Å². The fourth-order valence-corrected chi connectivity index (χ4v) is 4.46. The third kappa shape index (κ3) is 5.16. The van der Waals surface area contributed by atoms with Crippen LogP contribution < -0.4 is 15.2 Å². The van der Waals surface area contributed by atoms with Gasteiger partial charge in [0.15, 0.2) is 5.76 Å². The van der Waals surface area contributed by atoms with Crippen LogP contribution in [-0.4, -0.2) is 39.9 Å². The zero-order valence-electron chi connectivity index (χ0n) is 22.3. The second kappa shape index (κ2) is 10.8. The van der Waals surface area contributed by atoms with Gasteiger partial charge in [0, 0.05) is 54.0 Å². The third-order valence-corrected chi connectivity index (χ3v) is 6.66. The molecular formula is C30H21ClN6O5. The maximum Gasteiger partial charge on any atom is 0.287 e. The highest BCUT2D eigenvalue weighted by molar-refractivity contribution is 6.31. The van der Waals surface area contributed by atoms with E-state index in [4.69, 9.17) is 25.7 Å². The Hall–Kier alpha value is -5.55. The molecule has 0 aliphatic rings. The highest BCUT2D eigenvalue weighted by Crippen LogP contribution is 2.31. The second-order valence-electron chi connectivity index (χ2n) is 9.44. The molecule has 11 nitrogen and oxygen atoms in total. The fraction of sp³-hybridized carbons (Fsp3) is 0.0667. The van der Waals surface area contributed by atoms with Crippen LogP contribution in [-0.2, 0) is 0 Å². The summed E-state index contributed by atoms with van der Waals surface area (Å²) >= 11 is 6.17. The molecule has 0 atom stereocenters. The largest absolute Gasteiger partial charge is 0.453 e. The van der Waals surface area contributed by atoms with E-state index in [0.717, 1.165) is 17.3 Å². The van der Waals surface area contributed by atoms with Gasteiger partial charge >= 0.3 is 0 Å². The van der Waals surface area contributed by atoms with Crippen LogP contribution in [0.4, 0.5) is 11.4 Å². The molecule has 6 aromatic rings. The van der Waals surface area contributed by atoms with Crippen molar-refractivity contribution in [3.63, 3.8) is 0 Å². The van der Waals surface area contributed by atoms with Gasteiger partial charge in [0.1, 0.15) is 17.5 Å². The van der Waals surface area contributed by atoms with Gasteiger partial charge in [-0.25, -0.2) is 9.97 Å². The molecule has 0 aliphatic heterocycles. The van der Waals surface area contributed by atoms with Gasteiger partial charge in [-0.3, -0.25) is 14.9 Å². The first kappa shape index (κ1) is 26.7. The van der Waals surface area contributed by atoms with Crippen LogP contribution in [0, 0.1) is 10.1 Å². The first-order valence-electron chi connectivity index (χ1n) is 12.6. The van der Waals surface area contributed by atoms with Crippen LogP contribution in [0.15, 0.2) is 99.4 Å². The van der Waals surface area contributed by atoms with Crippen molar-refractivity contribution in [1.82, 2.24) is 14.6 Å².